The Labute approximate surface area is 164 Å². The van der Waals surface area contributed by atoms with Crippen molar-refractivity contribution in [2.45, 2.75) is 13.0 Å². The van der Waals surface area contributed by atoms with Crippen LogP contribution >= 0.6 is 0 Å². The van der Waals surface area contributed by atoms with Gasteiger partial charge in [0.25, 0.3) is 5.91 Å². The zero-order chi connectivity index (χ0) is 19.8. The summed E-state index contributed by atoms with van der Waals surface area (Å²) in [5.74, 6) is 0.0851. The lowest BCUT2D eigenvalue weighted by atomic mass is 10.1. The summed E-state index contributed by atoms with van der Waals surface area (Å²) in [5, 5.41) is 6.16. The molecule has 2 N–H and O–H groups in total. The molecule has 0 radical (unpaired) electrons. The number of rotatable bonds is 8. The molecule has 3 aromatic rings. The number of carbonyl (C=O) groups is 1. The van der Waals surface area contributed by atoms with Crippen LogP contribution in [0, 0.1) is 5.82 Å². The molecule has 3 rings (SSSR count). The first-order valence-corrected chi connectivity index (χ1v) is 9.15. The maximum Gasteiger partial charge on any atom is 0.253 e. The highest BCUT2D eigenvalue weighted by Crippen LogP contribution is 2.29. The van der Waals surface area contributed by atoms with Gasteiger partial charge in [-0.15, -0.1) is 0 Å². The van der Waals surface area contributed by atoms with E-state index in [1.165, 1.54) is 12.1 Å². The van der Waals surface area contributed by atoms with E-state index < -0.39 is 0 Å². The Kier molecular flexibility index (Phi) is 6.63. The highest BCUT2D eigenvalue weighted by atomic mass is 19.1. The number of hydrogen-bond donors (Lipinski definition) is 2. The van der Waals surface area contributed by atoms with Gasteiger partial charge in [0.2, 0.25) is 0 Å². The molecule has 3 aromatic carbocycles. The molecule has 1 amide bonds. The van der Waals surface area contributed by atoms with Crippen molar-refractivity contribution in [3.63, 3.8) is 0 Å². The van der Waals surface area contributed by atoms with E-state index in [9.17, 15) is 9.18 Å². The van der Waals surface area contributed by atoms with E-state index in [-0.39, 0.29) is 11.7 Å². The van der Waals surface area contributed by atoms with Gasteiger partial charge in [-0.3, -0.25) is 4.79 Å². The maximum atomic E-state index is 13.4. The van der Waals surface area contributed by atoms with E-state index in [0.29, 0.717) is 30.1 Å². The Morgan fingerprint density at radius 3 is 2.46 bits per heavy atom. The van der Waals surface area contributed by atoms with Crippen LogP contribution in [0.25, 0.3) is 0 Å². The molecule has 0 atom stereocenters. The summed E-state index contributed by atoms with van der Waals surface area (Å²) in [5.41, 5.74) is 3.02. The second-order valence-electron chi connectivity index (χ2n) is 6.36. The fourth-order valence-corrected chi connectivity index (χ4v) is 2.97. The fourth-order valence-electron chi connectivity index (χ4n) is 2.97. The van der Waals surface area contributed by atoms with Gasteiger partial charge in [-0.1, -0.05) is 48.5 Å². The van der Waals surface area contributed by atoms with E-state index in [0.717, 1.165) is 17.5 Å². The minimum atomic E-state index is -0.293. The number of para-hydroxylation sites is 1. The third-order valence-corrected chi connectivity index (χ3v) is 4.39. The van der Waals surface area contributed by atoms with E-state index in [4.69, 9.17) is 4.74 Å². The highest BCUT2D eigenvalue weighted by molar-refractivity contribution is 6.01. The zero-order valence-corrected chi connectivity index (χ0v) is 15.7. The van der Waals surface area contributed by atoms with Crippen molar-refractivity contribution in [3.05, 3.63) is 95.3 Å². The van der Waals surface area contributed by atoms with Gasteiger partial charge in [0.1, 0.15) is 11.6 Å². The van der Waals surface area contributed by atoms with Gasteiger partial charge in [-0.05, 0) is 41.8 Å². The molecule has 0 aromatic heterocycles. The Hall–Kier alpha value is -3.34. The van der Waals surface area contributed by atoms with Crippen LogP contribution in [0.4, 0.5) is 10.1 Å². The molecule has 144 valence electrons. The third kappa shape index (κ3) is 5.10. The molecule has 0 spiro atoms. The number of benzene rings is 3. The van der Waals surface area contributed by atoms with Gasteiger partial charge < -0.3 is 15.4 Å². The maximum absolute atomic E-state index is 13.4. The molecule has 0 heterocycles. The lowest BCUT2D eigenvalue weighted by Gasteiger charge is -2.16. The normalized spacial score (nSPS) is 10.4. The first kappa shape index (κ1) is 19.4. The largest absolute Gasteiger partial charge is 0.495 e. The van der Waals surface area contributed by atoms with Crippen LogP contribution in [0.1, 0.15) is 21.5 Å². The van der Waals surface area contributed by atoms with Crippen molar-refractivity contribution in [2.24, 2.45) is 0 Å². The summed E-state index contributed by atoms with van der Waals surface area (Å²) in [6, 6.07) is 21.6. The number of anilines is 1. The van der Waals surface area contributed by atoms with E-state index >= 15 is 0 Å². The van der Waals surface area contributed by atoms with Crippen molar-refractivity contribution in [2.75, 3.05) is 19.0 Å². The number of carbonyl (C=O) groups excluding carboxylic acids is 1. The molecular weight excluding hydrogens is 355 g/mol. The molecule has 0 aliphatic heterocycles. The number of amides is 1. The van der Waals surface area contributed by atoms with Crippen LogP contribution < -0.4 is 15.4 Å². The number of hydrogen-bond acceptors (Lipinski definition) is 3. The molecule has 28 heavy (non-hydrogen) atoms. The van der Waals surface area contributed by atoms with E-state index in [1.54, 1.807) is 31.4 Å². The van der Waals surface area contributed by atoms with Crippen LogP contribution in [-0.2, 0) is 13.0 Å². The van der Waals surface area contributed by atoms with Crippen LogP contribution in [0.5, 0.6) is 5.75 Å². The van der Waals surface area contributed by atoms with Crippen LogP contribution in [0.3, 0.4) is 0 Å². The van der Waals surface area contributed by atoms with Crippen molar-refractivity contribution in [1.82, 2.24) is 5.32 Å². The summed E-state index contributed by atoms with van der Waals surface area (Å²) in [6.45, 7) is 0.909. The van der Waals surface area contributed by atoms with Crippen LogP contribution in [0.2, 0.25) is 0 Å². The van der Waals surface area contributed by atoms with Crippen molar-refractivity contribution >= 4 is 11.6 Å². The summed E-state index contributed by atoms with van der Waals surface area (Å²) < 4.78 is 18.8. The Morgan fingerprint density at radius 2 is 1.71 bits per heavy atom. The number of nitrogens with one attached hydrogen (secondary N) is 2. The molecule has 0 fully saturated rings. The Morgan fingerprint density at radius 1 is 0.964 bits per heavy atom. The van der Waals surface area contributed by atoms with Gasteiger partial charge in [0, 0.05) is 13.1 Å². The van der Waals surface area contributed by atoms with Gasteiger partial charge in [0.05, 0.1) is 18.4 Å². The fraction of sp³-hybridized carbons (Fsp3) is 0.174. The van der Waals surface area contributed by atoms with Crippen molar-refractivity contribution in [1.29, 1.82) is 0 Å². The van der Waals surface area contributed by atoms with Gasteiger partial charge in [-0.2, -0.15) is 0 Å². The zero-order valence-electron chi connectivity index (χ0n) is 15.7. The highest BCUT2D eigenvalue weighted by Gasteiger charge is 2.15. The number of methoxy groups -OCH3 is 1. The first-order chi connectivity index (χ1) is 13.7. The SMILES string of the molecule is COc1cccc(C(=O)NCCc2ccccc2)c1NCc1cccc(F)c1. The summed E-state index contributed by atoms with van der Waals surface area (Å²) in [6.07, 6.45) is 0.753. The predicted molar refractivity (Wildman–Crippen MR) is 109 cm³/mol. The Balaban J connectivity index is 1.70. The average Bonchev–Trinajstić information content (AvgIpc) is 2.72. The van der Waals surface area contributed by atoms with Gasteiger partial charge in [0.15, 0.2) is 0 Å². The summed E-state index contributed by atoms with van der Waals surface area (Å²) in [4.78, 5) is 12.7. The quantitative estimate of drug-likeness (QED) is 0.610. The lowest BCUT2D eigenvalue weighted by molar-refractivity contribution is 0.0954. The van der Waals surface area contributed by atoms with Crippen molar-refractivity contribution in [3.8, 4) is 5.75 Å². The molecule has 0 bridgehead atoms. The molecule has 0 unspecified atom stereocenters. The number of halogens is 1. The third-order valence-electron chi connectivity index (χ3n) is 4.39. The van der Waals surface area contributed by atoms with Gasteiger partial charge in [-0.25, -0.2) is 4.39 Å². The molecule has 5 heteroatoms. The van der Waals surface area contributed by atoms with Crippen LogP contribution in [0.15, 0.2) is 72.8 Å². The van der Waals surface area contributed by atoms with Gasteiger partial charge >= 0.3 is 0 Å². The van der Waals surface area contributed by atoms with Crippen molar-refractivity contribution < 1.29 is 13.9 Å². The standard InChI is InChI=1S/C23H23FN2O2/c1-28-21-12-6-11-20(22(21)26-16-18-9-5-10-19(24)15-18)23(27)25-14-13-17-7-3-2-4-8-17/h2-12,15,26H,13-14,16H2,1H3,(H,25,27). The monoisotopic (exact) mass is 378 g/mol. The second-order valence-corrected chi connectivity index (χ2v) is 6.36. The minimum Gasteiger partial charge on any atom is -0.495 e. The Bertz CT molecular complexity index is 929. The minimum absolute atomic E-state index is 0.184. The summed E-state index contributed by atoms with van der Waals surface area (Å²) >= 11 is 0. The predicted octanol–water partition coefficient (Wildman–Crippen LogP) is 4.42. The van der Waals surface area contributed by atoms with E-state index in [2.05, 4.69) is 10.6 Å². The van der Waals surface area contributed by atoms with Crippen LogP contribution in [-0.4, -0.2) is 19.6 Å². The number of ether oxygens (including phenoxy) is 1. The first-order valence-electron chi connectivity index (χ1n) is 9.15. The summed E-state index contributed by atoms with van der Waals surface area (Å²) in [7, 11) is 1.56. The molecule has 0 aliphatic rings. The molecular formula is C23H23FN2O2. The smallest absolute Gasteiger partial charge is 0.253 e. The van der Waals surface area contributed by atoms with E-state index in [1.807, 2.05) is 36.4 Å². The molecule has 0 saturated carbocycles. The lowest BCUT2D eigenvalue weighted by Crippen LogP contribution is -2.26. The molecule has 0 saturated heterocycles. The topological polar surface area (TPSA) is 50.4 Å². The molecule has 4 nitrogen and oxygen atoms in total. The average molecular weight is 378 g/mol. The second kappa shape index (κ2) is 9.55. The molecule has 0 aliphatic carbocycles.